The summed E-state index contributed by atoms with van der Waals surface area (Å²) >= 11 is 0. The van der Waals surface area contributed by atoms with Gasteiger partial charge in [-0.1, -0.05) is 18.2 Å². The molecule has 0 radical (unpaired) electrons. The molecule has 21 heavy (non-hydrogen) atoms. The average Bonchev–Trinajstić information content (AvgIpc) is 3.03. The molecule has 0 unspecified atom stereocenters. The van der Waals surface area contributed by atoms with Gasteiger partial charge in [-0.15, -0.1) is 0 Å². The van der Waals surface area contributed by atoms with Crippen LogP contribution < -0.4 is 4.74 Å². The minimum atomic E-state index is -0.0860. The van der Waals surface area contributed by atoms with E-state index in [2.05, 4.69) is 0 Å². The zero-order valence-electron chi connectivity index (χ0n) is 12.0. The standard InChI is InChI=1S/C16H19NO4/c1-19-10-8-17(11-14-7-9-20-12-14)16(18)13-21-15-5-3-2-4-6-15/h2-7,9,12H,8,10-11,13H2,1H3. The van der Waals surface area contributed by atoms with E-state index in [-0.39, 0.29) is 12.5 Å². The predicted molar refractivity (Wildman–Crippen MR) is 77.9 cm³/mol. The molecule has 0 aliphatic heterocycles. The van der Waals surface area contributed by atoms with Gasteiger partial charge >= 0.3 is 0 Å². The summed E-state index contributed by atoms with van der Waals surface area (Å²) in [5, 5.41) is 0. The number of hydrogen-bond acceptors (Lipinski definition) is 4. The second-order valence-electron chi connectivity index (χ2n) is 4.54. The molecule has 0 bridgehead atoms. The lowest BCUT2D eigenvalue weighted by molar-refractivity contribution is -0.134. The van der Waals surface area contributed by atoms with Crippen LogP contribution in [0.5, 0.6) is 5.75 Å². The third-order valence-electron chi connectivity index (χ3n) is 2.98. The first-order valence-corrected chi connectivity index (χ1v) is 6.75. The van der Waals surface area contributed by atoms with E-state index in [9.17, 15) is 4.79 Å². The van der Waals surface area contributed by atoms with E-state index >= 15 is 0 Å². The highest BCUT2D eigenvalue weighted by Gasteiger charge is 2.15. The number of benzene rings is 1. The van der Waals surface area contributed by atoms with E-state index in [0.717, 1.165) is 5.56 Å². The quantitative estimate of drug-likeness (QED) is 0.748. The number of amides is 1. The topological polar surface area (TPSA) is 51.9 Å². The lowest BCUT2D eigenvalue weighted by Gasteiger charge is -2.21. The Labute approximate surface area is 124 Å². The summed E-state index contributed by atoms with van der Waals surface area (Å²) in [6, 6.07) is 11.1. The summed E-state index contributed by atoms with van der Waals surface area (Å²) in [6.45, 7) is 1.48. The first kappa shape index (κ1) is 15.1. The largest absolute Gasteiger partial charge is 0.484 e. The third-order valence-corrected chi connectivity index (χ3v) is 2.98. The maximum absolute atomic E-state index is 12.3. The number of carbonyl (C=O) groups excluding carboxylic acids is 1. The van der Waals surface area contributed by atoms with Gasteiger partial charge < -0.3 is 18.8 Å². The normalized spacial score (nSPS) is 10.3. The summed E-state index contributed by atoms with van der Waals surface area (Å²) in [7, 11) is 1.61. The number of methoxy groups -OCH3 is 1. The van der Waals surface area contributed by atoms with Crippen LogP contribution in [0.25, 0.3) is 0 Å². The molecular formula is C16H19NO4. The van der Waals surface area contributed by atoms with E-state index in [4.69, 9.17) is 13.9 Å². The SMILES string of the molecule is COCCN(Cc1ccoc1)C(=O)COc1ccccc1. The fraction of sp³-hybridized carbons (Fsp3) is 0.312. The fourth-order valence-corrected chi connectivity index (χ4v) is 1.85. The number of furan rings is 1. The van der Waals surface area contributed by atoms with Crippen molar-refractivity contribution in [2.75, 3.05) is 26.9 Å². The van der Waals surface area contributed by atoms with Crippen LogP contribution >= 0.6 is 0 Å². The number of carbonyl (C=O) groups is 1. The number of hydrogen-bond donors (Lipinski definition) is 0. The summed E-state index contributed by atoms with van der Waals surface area (Å²) in [4.78, 5) is 14.0. The Morgan fingerprint density at radius 2 is 2.05 bits per heavy atom. The van der Waals surface area contributed by atoms with E-state index in [1.54, 1.807) is 24.5 Å². The van der Waals surface area contributed by atoms with Crippen molar-refractivity contribution < 1.29 is 18.7 Å². The van der Waals surface area contributed by atoms with Gasteiger partial charge in [-0.25, -0.2) is 0 Å². The zero-order chi connectivity index (χ0) is 14.9. The van der Waals surface area contributed by atoms with Gasteiger partial charge in [-0.05, 0) is 18.2 Å². The van der Waals surface area contributed by atoms with Crippen molar-refractivity contribution in [3.8, 4) is 5.75 Å². The van der Waals surface area contributed by atoms with Crippen LogP contribution in [-0.2, 0) is 16.1 Å². The Hall–Kier alpha value is -2.27. The average molecular weight is 289 g/mol. The smallest absolute Gasteiger partial charge is 0.260 e. The van der Waals surface area contributed by atoms with E-state index < -0.39 is 0 Å². The molecule has 5 nitrogen and oxygen atoms in total. The summed E-state index contributed by atoms with van der Waals surface area (Å²) in [5.74, 6) is 0.595. The van der Waals surface area contributed by atoms with E-state index in [1.807, 2.05) is 36.4 Å². The van der Waals surface area contributed by atoms with Crippen molar-refractivity contribution in [2.45, 2.75) is 6.54 Å². The van der Waals surface area contributed by atoms with Crippen LogP contribution in [0.3, 0.4) is 0 Å². The van der Waals surface area contributed by atoms with Crippen molar-refractivity contribution in [3.05, 3.63) is 54.5 Å². The summed E-state index contributed by atoms with van der Waals surface area (Å²) < 4.78 is 15.6. The second-order valence-corrected chi connectivity index (χ2v) is 4.54. The van der Waals surface area contributed by atoms with Crippen molar-refractivity contribution >= 4 is 5.91 Å². The van der Waals surface area contributed by atoms with E-state index in [1.165, 1.54) is 0 Å². The van der Waals surface area contributed by atoms with E-state index in [0.29, 0.717) is 25.4 Å². The van der Waals surface area contributed by atoms with Gasteiger partial charge in [0, 0.05) is 25.8 Å². The predicted octanol–water partition coefficient (Wildman–Crippen LogP) is 2.33. The van der Waals surface area contributed by atoms with Crippen LogP contribution in [0.4, 0.5) is 0 Å². The van der Waals surface area contributed by atoms with Gasteiger partial charge in [0.25, 0.3) is 5.91 Å². The molecule has 0 aliphatic rings. The summed E-state index contributed by atoms with van der Waals surface area (Å²) in [6.07, 6.45) is 3.22. The van der Waals surface area contributed by atoms with Gasteiger partial charge in [0.05, 0.1) is 19.1 Å². The fourth-order valence-electron chi connectivity index (χ4n) is 1.85. The monoisotopic (exact) mass is 289 g/mol. The Kier molecular flexibility index (Phi) is 5.84. The number of para-hydroxylation sites is 1. The highest BCUT2D eigenvalue weighted by molar-refractivity contribution is 5.77. The Balaban J connectivity index is 1.90. The highest BCUT2D eigenvalue weighted by atomic mass is 16.5. The molecule has 0 spiro atoms. The van der Waals surface area contributed by atoms with Gasteiger partial charge in [0.1, 0.15) is 5.75 Å². The number of ether oxygens (including phenoxy) is 2. The van der Waals surface area contributed by atoms with Crippen molar-refractivity contribution in [1.29, 1.82) is 0 Å². The molecule has 0 saturated heterocycles. The minimum absolute atomic E-state index is 0.00553. The van der Waals surface area contributed by atoms with Crippen LogP contribution in [0, 0.1) is 0 Å². The Morgan fingerprint density at radius 3 is 2.71 bits per heavy atom. The van der Waals surface area contributed by atoms with Crippen LogP contribution in [0.1, 0.15) is 5.56 Å². The molecule has 0 N–H and O–H groups in total. The minimum Gasteiger partial charge on any atom is -0.484 e. The number of nitrogens with zero attached hydrogens (tertiary/aromatic N) is 1. The molecule has 1 aromatic carbocycles. The molecule has 2 rings (SSSR count). The van der Waals surface area contributed by atoms with Gasteiger partial charge in [0.15, 0.2) is 6.61 Å². The zero-order valence-corrected chi connectivity index (χ0v) is 12.0. The maximum Gasteiger partial charge on any atom is 0.260 e. The van der Waals surface area contributed by atoms with Crippen LogP contribution in [0.2, 0.25) is 0 Å². The first-order valence-electron chi connectivity index (χ1n) is 6.75. The molecule has 5 heteroatoms. The Morgan fingerprint density at radius 1 is 1.24 bits per heavy atom. The van der Waals surface area contributed by atoms with Gasteiger partial charge in [0.2, 0.25) is 0 Å². The summed E-state index contributed by atoms with van der Waals surface area (Å²) in [5.41, 5.74) is 0.944. The molecule has 0 fully saturated rings. The molecule has 0 atom stereocenters. The van der Waals surface area contributed by atoms with Crippen molar-refractivity contribution in [1.82, 2.24) is 4.90 Å². The Bertz CT molecular complexity index is 524. The molecule has 0 aliphatic carbocycles. The second kappa shape index (κ2) is 8.11. The van der Waals surface area contributed by atoms with Crippen molar-refractivity contribution in [2.24, 2.45) is 0 Å². The molecular weight excluding hydrogens is 270 g/mol. The highest BCUT2D eigenvalue weighted by Crippen LogP contribution is 2.10. The first-order chi connectivity index (χ1) is 10.3. The van der Waals surface area contributed by atoms with Crippen molar-refractivity contribution in [3.63, 3.8) is 0 Å². The third kappa shape index (κ3) is 4.96. The van der Waals surface area contributed by atoms with Crippen LogP contribution in [-0.4, -0.2) is 37.7 Å². The lowest BCUT2D eigenvalue weighted by Crippen LogP contribution is -2.36. The van der Waals surface area contributed by atoms with Crippen LogP contribution in [0.15, 0.2) is 53.3 Å². The molecule has 0 saturated carbocycles. The molecule has 1 heterocycles. The number of rotatable bonds is 8. The maximum atomic E-state index is 12.3. The van der Waals surface area contributed by atoms with Gasteiger partial charge in [-0.3, -0.25) is 4.79 Å². The molecule has 1 amide bonds. The molecule has 1 aromatic heterocycles. The van der Waals surface area contributed by atoms with Gasteiger partial charge in [-0.2, -0.15) is 0 Å². The lowest BCUT2D eigenvalue weighted by atomic mass is 10.3. The molecule has 112 valence electrons. The molecule has 2 aromatic rings.